The molecule has 7 heteroatoms. The van der Waals surface area contributed by atoms with Crippen molar-refractivity contribution in [3.05, 3.63) is 12.7 Å². The van der Waals surface area contributed by atoms with E-state index in [9.17, 15) is 13.2 Å². The first-order valence-corrected chi connectivity index (χ1v) is 9.35. The van der Waals surface area contributed by atoms with Crippen LogP contribution in [-0.2, 0) is 15.0 Å². The first-order valence-electron chi connectivity index (χ1n) is 8.53. The molecule has 0 atom stereocenters. The summed E-state index contributed by atoms with van der Waals surface area (Å²) in [5, 5.41) is 0. The van der Waals surface area contributed by atoms with Gasteiger partial charge >= 0.3 is 0 Å². The lowest BCUT2D eigenvalue weighted by molar-refractivity contribution is -0.140. The van der Waals surface area contributed by atoms with Crippen molar-refractivity contribution in [2.24, 2.45) is 5.41 Å². The standard InChI is InChI=1S/C15H25N3O3S/c1-2-14(19)16-12-15(13-16)6-10-18(11-7-15)22(20,21)17-8-4-3-5-9-17/h2H,1,3-13H2/i3D. The minimum Gasteiger partial charge on any atom is -0.338 e. The number of hydrogen-bond acceptors (Lipinski definition) is 3. The van der Waals surface area contributed by atoms with Crippen molar-refractivity contribution < 1.29 is 14.6 Å². The molecule has 3 aliphatic heterocycles. The average Bonchev–Trinajstić information content (AvgIpc) is 2.52. The van der Waals surface area contributed by atoms with Gasteiger partial charge in [0.2, 0.25) is 5.91 Å². The van der Waals surface area contributed by atoms with Crippen molar-refractivity contribution in [3.8, 4) is 0 Å². The van der Waals surface area contributed by atoms with Crippen LogP contribution < -0.4 is 0 Å². The van der Waals surface area contributed by atoms with Gasteiger partial charge in [-0.15, -0.1) is 0 Å². The Bertz CT molecular complexity index is 571. The summed E-state index contributed by atoms with van der Waals surface area (Å²) in [5.41, 5.74) is 0.0961. The lowest BCUT2D eigenvalue weighted by Gasteiger charge is -2.53. The average molecular weight is 328 g/mol. The molecule has 0 radical (unpaired) electrons. The Morgan fingerprint density at radius 3 is 2.18 bits per heavy atom. The molecule has 1 amide bonds. The Morgan fingerprint density at radius 2 is 1.64 bits per heavy atom. The van der Waals surface area contributed by atoms with Crippen LogP contribution in [0, 0.1) is 5.41 Å². The highest BCUT2D eigenvalue weighted by Crippen LogP contribution is 2.41. The molecule has 0 unspecified atom stereocenters. The topological polar surface area (TPSA) is 60.9 Å². The summed E-state index contributed by atoms with van der Waals surface area (Å²) in [7, 11) is -3.39. The molecule has 0 saturated carbocycles. The monoisotopic (exact) mass is 328 g/mol. The fourth-order valence-electron chi connectivity index (χ4n) is 3.68. The van der Waals surface area contributed by atoms with E-state index in [0.29, 0.717) is 39.0 Å². The van der Waals surface area contributed by atoms with Crippen LogP contribution in [0.15, 0.2) is 12.7 Å². The second-order valence-corrected chi connectivity index (χ2v) is 8.50. The minimum atomic E-state index is -3.39. The van der Waals surface area contributed by atoms with Crippen molar-refractivity contribution in [2.45, 2.75) is 32.1 Å². The lowest BCUT2D eigenvalue weighted by atomic mass is 9.72. The van der Waals surface area contributed by atoms with Gasteiger partial charge in [0.25, 0.3) is 10.2 Å². The molecule has 6 nitrogen and oxygen atoms in total. The number of nitrogens with zero attached hydrogens (tertiary/aromatic N) is 3. The maximum atomic E-state index is 12.7. The molecule has 3 heterocycles. The van der Waals surface area contributed by atoms with Gasteiger partial charge in [0.05, 0.1) is 0 Å². The number of piperidine rings is 2. The third-order valence-corrected chi connectivity index (χ3v) is 7.18. The molecular weight excluding hydrogens is 302 g/mol. The first kappa shape index (κ1) is 14.7. The van der Waals surface area contributed by atoms with Gasteiger partial charge in [0, 0.05) is 46.1 Å². The van der Waals surface area contributed by atoms with Crippen molar-refractivity contribution >= 4 is 16.1 Å². The van der Waals surface area contributed by atoms with Crippen LogP contribution in [0.4, 0.5) is 0 Å². The van der Waals surface area contributed by atoms with E-state index in [4.69, 9.17) is 1.37 Å². The van der Waals surface area contributed by atoms with E-state index in [1.807, 2.05) is 0 Å². The molecule has 3 aliphatic rings. The van der Waals surface area contributed by atoms with E-state index in [1.165, 1.54) is 10.4 Å². The molecule has 0 aromatic heterocycles. The Morgan fingerprint density at radius 1 is 1.09 bits per heavy atom. The van der Waals surface area contributed by atoms with Crippen LogP contribution in [-0.4, -0.2) is 67.1 Å². The predicted molar refractivity (Wildman–Crippen MR) is 84.4 cm³/mol. The molecule has 124 valence electrons. The highest BCUT2D eigenvalue weighted by Gasteiger charge is 2.48. The molecule has 0 aromatic rings. The smallest absolute Gasteiger partial charge is 0.281 e. The van der Waals surface area contributed by atoms with E-state index in [0.717, 1.165) is 25.9 Å². The molecule has 1 spiro atoms. The van der Waals surface area contributed by atoms with Gasteiger partial charge in [-0.05, 0) is 31.8 Å². The third kappa shape index (κ3) is 2.81. The van der Waals surface area contributed by atoms with E-state index in [1.54, 1.807) is 9.21 Å². The molecule has 0 aromatic carbocycles. The number of likely N-dealkylation sites (tertiary alicyclic amines) is 1. The van der Waals surface area contributed by atoms with E-state index < -0.39 is 10.2 Å². The SMILES string of the molecule is [2H]C1CCN(S(=O)(=O)N2CCC3(CC2)CN(C(=O)C=C)C3)CC1. The van der Waals surface area contributed by atoms with Crippen LogP contribution in [0.5, 0.6) is 0 Å². The van der Waals surface area contributed by atoms with Gasteiger partial charge in [-0.3, -0.25) is 4.79 Å². The van der Waals surface area contributed by atoms with Crippen LogP contribution in [0.3, 0.4) is 0 Å². The predicted octanol–water partition coefficient (Wildman–Crippen LogP) is 0.827. The number of carbonyl (C=O) groups is 1. The quantitative estimate of drug-likeness (QED) is 0.721. The highest BCUT2D eigenvalue weighted by atomic mass is 32.2. The molecular formula is C15H25N3O3S. The lowest BCUT2D eigenvalue weighted by Crippen LogP contribution is -2.62. The Labute approximate surface area is 134 Å². The molecule has 0 N–H and O–H groups in total. The van der Waals surface area contributed by atoms with Crippen molar-refractivity contribution in [1.82, 2.24) is 13.5 Å². The van der Waals surface area contributed by atoms with Gasteiger partial charge in [-0.2, -0.15) is 17.0 Å². The largest absolute Gasteiger partial charge is 0.338 e. The fraction of sp³-hybridized carbons (Fsp3) is 0.800. The summed E-state index contributed by atoms with van der Waals surface area (Å²) >= 11 is 0. The van der Waals surface area contributed by atoms with E-state index in [2.05, 4.69) is 6.58 Å². The number of hydrogen-bond donors (Lipinski definition) is 0. The van der Waals surface area contributed by atoms with Crippen LogP contribution in [0.25, 0.3) is 0 Å². The summed E-state index contributed by atoms with van der Waals surface area (Å²) in [4.78, 5) is 13.3. The summed E-state index contributed by atoms with van der Waals surface area (Å²) in [6.07, 6.45) is 4.06. The molecule has 22 heavy (non-hydrogen) atoms. The minimum absolute atomic E-state index is 0.0380. The summed E-state index contributed by atoms with van der Waals surface area (Å²) < 4.78 is 36.2. The molecule has 3 fully saturated rings. The zero-order chi connectivity index (χ0) is 16.7. The maximum absolute atomic E-state index is 12.7. The third-order valence-electron chi connectivity index (χ3n) is 5.14. The van der Waals surface area contributed by atoms with Gasteiger partial charge in [-0.1, -0.05) is 13.0 Å². The normalized spacial score (nSPS) is 28.2. The summed E-state index contributed by atoms with van der Waals surface area (Å²) in [6.45, 7) is 6.91. The second kappa shape index (κ2) is 5.94. The molecule has 0 aliphatic carbocycles. The Hall–Kier alpha value is -0.920. The summed E-state index contributed by atoms with van der Waals surface area (Å²) in [5.74, 6) is -0.0380. The fourth-order valence-corrected chi connectivity index (χ4v) is 5.32. The maximum Gasteiger partial charge on any atom is 0.281 e. The van der Waals surface area contributed by atoms with Gasteiger partial charge < -0.3 is 4.90 Å². The van der Waals surface area contributed by atoms with Gasteiger partial charge in [0.1, 0.15) is 0 Å². The van der Waals surface area contributed by atoms with Crippen LogP contribution in [0.2, 0.25) is 0 Å². The summed E-state index contributed by atoms with van der Waals surface area (Å²) in [6, 6.07) is 0. The van der Waals surface area contributed by atoms with Gasteiger partial charge in [0.15, 0.2) is 0 Å². The number of rotatable bonds is 3. The van der Waals surface area contributed by atoms with E-state index >= 15 is 0 Å². The molecule has 3 rings (SSSR count). The van der Waals surface area contributed by atoms with E-state index in [-0.39, 0.29) is 17.7 Å². The zero-order valence-corrected chi connectivity index (χ0v) is 13.7. The highest BCUT2D eigenvalue weighted by molar-refractivity contribution is 7.86. The van der Waals surface area contributed by atoms with Crippen LogP contribution in [0.1, 0.15) is 33.5 Å². The number of amides is 1. The zero-order valence-electron chi connectivity index (χ0n) is 13.9. The second-order valence-electron chi connectivity index (χ2n) is 6.57. The van der Waals surface area contributed by atoms with Gasteiger partial charge in [-0.25, -0.2) is 0 Å². The van der Waals surface area contributed by atoms with Crippen molar-refractivity contribution in [2.75, 3.05) is 39.3 Å². The van der Waals surface area contributed by atoms with Crippen molar-refractivity contribution in [1.29, 1.82) is 0 Å². The molecule has 0 bridgehead atoms. The van der Waals surface area contributed by atoms with Crippen molar-refractivity contribution in [3.63, 3.8) is 0 Å². The van der Waals surface area contributed by atoms with Crippen LogP contribution >= 0.6 is 0 Å². The Kier molecular flexibility index (Phi) is 3.96. The Balaban J connectivity index is 1.55. The first-order chi connectivity index (χ1) is 10.9. The number of carbonyl (C=O) groups excluding carboxylic acids is 1. The molecule has 3 saturated heterocycles.